The molecule has 0 saturated heterocycles. The van der Waals surface area contributed by atoms with Crippen LogP contribution in [0.25, 0.3) is 21.5 Å². The van der Waals surface area contributed by atoms with Gasteiger partial charge in [0.15, 0.2) is 0 Å². The van der Waals surface area contributed by atoms with E-state index in [1.807, 2.05) is 86.6 Å². The highest BCUT2D eigenvalue weighted by molar-refractivity contribution is 5.89. The molecule has 2 atom stereocenters. The Bertz CT molecular complexity index is 1290. The molecule has 2 unspecified atom stereocenters. The van der Waals surface area contributed by atoms with Gasteiger partial charge >= 0.3 is 0 Å². The summed E-state index contributed by atoms with van der Waals surface area (Å²) in [6.07, 6.45) is 0. The maximum absolute atomic E-state index is 12.7. The van der Waals surface area contributed by atoms with Crippen molar-refractivity contribution in [1.29, 1.82) is 0 Å². The molecule has 0 saturated carbocycles. The molecular formula is C30H32N2O4. The second-order valence-electron chi connectivity index (χ2n) is 8.97. The second kappa shape index (κ2) is 11.1. The van der Waals surface area contributed by atoms with Crippen LogP contribution in [-0.2, 0) is 9.59 Å². The molecule has 4 aromatic rings. The summed E-state index contributed by atoms with van der Waals surface area (Å²) in [6, 6.07) is 23.8. The lowest BCUT2D eigenvalue weighted by Crippen LogP contribution is -2.37. The van der Waals surface area contributed by atoms with Gasteiger partial charge in [-0.3, -0.25) is 9.59 Å². The molecule has 4 rings (SSSR count). The first-order valence-electron chi connectivity index (χ1n) is 12.1. The van der Waals surface area contributed by atoms with Crippen LogP contribution in [0.4, 0.5) is 0 Å². The van der Waals surface area contributed by atoms with Gasteiger partial charge in [-0.1, -0.05) is 48.5 Å². The average molecular weight is 485 g/mol. The van der Waals surface area contributed by atoms with Gasteiger partial charge in [0, 0.05) is 13.1 Å². The van der Waals surface area contributed by atoms with Crippen molar-refractivity contribution in [3.8, 4) is 11.5 Å². The lowest BCUT2D eigenvalue weighted by atomic mass is 9.97. The van der Waals surface area contributed by atoms with Crippen LogP contribution in [0, 0.1) is 0 Å². The van der Waals surface area contributed by atoms with E-state index >= 15 is 0 Å². The molecule has 2 N–H and O–H groups in total. The third kappa shape index (κ3) is 5.60. The summed E-state index contributed by atoms with van der Waals surface area (Å²) >= 11 is 0. The predicted molar refractivity (Wildman–Crippen MR) is 144 cm³/mol. The zero-order valence-electron chi connectivity index (χ0n) is 21.1. The minimum Gasteiger partial charge on any atom is -0.497 e. The van der Waals surface area contributed by atoms with Gasteiger partial charge in [0.1, 0.15) is 11.5 Å². The van der Waals surface area contributed by atoms with Crippen LogP contribution in [0.3, 0.4) is 0 Å². The monoisotopic (exact) mass is 484 g/mol. The van der Waals surface area contributed by atoms with E-state index < -0.39 is 0 Å². The Labute approximate surface area is 211 Å². The highest BCUT2D eigenvalue weighted by Crippen LogP contribution is 2.26. The maximum Gasteiger partial charge on any atom is 0.227 e. The molecule has 0 heterocycles. The van der Waals surface area contributed by atoms with Gasteiger partial charge in [0.25, 0.3) is 0 Å². The number of rotatable bonds is 9. The van der Waals surface area contributed by atoms with Gasteiger partial charge < -0.3 is 20.1 Å². The molecule has 2 amide bonds. The number of methoxy groups -OCH3 is 2. The predicted octanol–water partition coefficient (Wildman–Crippen LogP) is 5.15. The van der Waals surface area contributed by atoms with Crippen molar-refractivity contribution in [3.05, 3.63) is 83.9 Å². The number of ether oxygens (including phenoxy) is 2. The van der Waals surface area contributed by atoms with E-state index in [4.69, 9.17) is 9.47 Å². The van der Waals surface area contributed by atoms with Crippen molar-refractivity contribution in [2.75, 3.05) is 27.3 Å². The normalized spacial score (nSPS) is 12.7. The zero-order valence-corrected chi connectivity index (χ0v) is 21.1. The first kappa shape index (κ1) is 25.0. The van der Waals surface area contributed by atoms with Crippen molar-refractivity contribution < 1.29 is 19.1 Å². The molecular weight excluding hydrogens is 452 g/mol. The Kier molecular flexibility index (Phi) is 7.74. The summed E-state index contributed by atoms with van der Waals surface area (Å²) in [4.78, 5) is 25.4. The van der Waals surface area contributed by atoms with Crippen molar-refractivity contribution in [1.82, 2.24) is 10.6 Å². The minimum atomic E-state index is -0.303. The Morgan fingerprint density at radius 2 is 0.972 bits per heavy atom. The molecule has 0 aromatic heterocycles. The molecule has 0 aliphatic rings. The number of carbonyl (C=O) groups is 2. The van der Waals surface area contributed by atoms with Crippen molar-refractivity contribution in [3.63, 3.8) is 0 Å². The van der Waals surface area contributed by atoms with Crippen LogP contribution in [-0.4, -0.2) is 39.1 Å². The Morgan fingerprint density at radius 1 is 0.611 bits per heavy atom. The SMILES string of the molecule is COc1ccc2cc(C(C)C(=O)NCCNC(=O)C(C)c3ccc4cc(OC)ccc4c3)ccc2c1. The molecule has 0 fully saturated rings. The summed E-state index contributed by atoms with van der Waals surface area (Å²) in [6.45, 7) is 4.50. The number of benzene rings is 4. The van der Waals surface area contributed by atoms with Crippen LogP contribution in [0.2, 0.25) is 0 Å². The van der Waals surface area contributed by atoms with E-state index in [1.54, 1.807) is 14.2 Å². The van der Waals surface area contributed by atoms with E-state index in [9.17, 15) is 9.59 Å². The Hall–Kier alpha value is -4.06. The molecule has 0 spiro atoms. The summed E-state index contributed by atoms with van der Waals surface area (Å²) in [5.41, 5.74) is 1.88. The van der Waals surface area contributed by atoms with E-state index in [-0.39, 0.29) is 23.7 Å². The molecule has 186 valence electrons. The zero-order chi connectivity index (χ0) is 25.7. The first-order valence-corrected chi connectivity index (χ1v) is 12.1. The summed E-state index contributed by atoms with van der Waals surface area (Å²) in [5.74, 6) is 0.854. The molecule has 0 radical (unpaired) electrons. The van der Waals surface area contributed by atoms with Crippen LogP contribution < -0.4 is 20.1 Å². The van der Waals surface area contributed by atoms with Crippen molar-refractivity contribution >= 4 is 33.4 Å². The number of amides is 2. The second-order valence-corrected chi connectivity index (χ2v) is 8.97. The first-order chi connectivity index (χ1) is 17.4. The van der Waals surface area contributed by atoms with E-state index in [0.717, 1.165) is 44.2 Å². The maximum atomic E-state index is 12.7. The highest BCUT2D eigenvalue weighted by Gasteiger charge is 2.17. The molecule has 36 heavy (non-hydrogen) atoms. The fourth-order valence-corrected chi connectivity index (χ4v) is 4.26. The highest BCUT2D eigenvalue weighted by atomic mass is 16.5. The summed E-state index contributed by atoms with van der Waals surface area (Å²) < 4.78 is 10.6. The van der Waals surface area contributed by atoms with Crippen LogP contribution in [0.1, 0.15) is 36.8 Å². The van der Waals surface area contributed by atoms with Crippen LogP contribution in [0.15, 0.2) is 72.8 Å². The van der Waals surface area contributed by atoms with Gasteiger partial charge in [-0.25, -0.2) is 0 Å². The van der Waals surface area contributed by atoms with E-state index in [2.05, 4.69) is 10.6 Å². The fraction of sp³-hybridized carbons (Fsp3) is 0.267. The van der Waals surface area contributed by atoms with E-state index in [1.165, 1.54) is 0 Å². The topological polar surface area (TPSA) is 76.7 Å². The lowest BCUT2D eigenvalue weighted by molar-refractivity contribution is -0.124. The lowest BCUT2D eigenvalue weighted by Gasteiger charge is -2.16. The molecule has 0 bridgehead atoms. The number of carbonyl (C=O) groups excluding carboxylic acids is 2. The van der Waals surface area contributed by atoms with Gasteiger partial charge in [-0.2, -0.15) is 0 Å². The number of hydrogen-bond donors (Lipinski definition) is 2. The smallest absolute Gasteiger partial charge is 0.227 e. The Morgan fingerprint density at radius 3 is 1.36 bits per heavy atom. The van der Waals surface area contributed by atoms with Crippen molar-refractivity contribution in [2.24, 2.45) is 0 Å². The molecule has 0 aliphatic carbocycles. The van der Waals surface area contributed by atoms with Gasteiger partial charge in [0.05, 0.1) is 26.1 Å². The van der Waals surface area contributed by atoms with Crippen LogP contribution in [0.5, 0.6) is 11.5 Å². The number of hydrogen-bond acceptors (Lipinski definition) is 4. The quantitative estimate of drug-likeness (QED) is 0.322. The van der Waals surface area contributed by atoms with Gasteiger partial charge in [-0.15, -0.1) is 0 Å². The molecule has 6 nitrogen and oxygen atoms in total. The summed E-state index contributed by atoms with van der Waals surface area (Å²) in [5, 5.41) is 10.1. The third-order valence-corrected chi connectivity index (χ3v) is 6.65. The van der Waals surface area contributed by atoms with Gasteiger partial charge in [0.2, 0.25) is 11.8 Å². The molecule has 4 aromatic carbocycles. The largest absolute Gasteiger partial charge is 0.497 e. The Balaban J connectivity index is 1.28. The van der Waals surface area contributed by atoms with Gasteiger partial charge in [-0.05, 0) is 70.8 Å². The molecule has 6 heteroatoms. The average Bonchev–Trinajstić information content (AvgIpc) is 2.92. The molecule has 0 aliphatic heterocycles. The number of fused-ring (bicyclic) bond motifs is 2. The fourth-order valence-electron chi connectivity index (χ4n) is 4.26. The van der Waals surface area contributed by atoms with Crippen molar-refractivity contribution in [2.45, 2.75) is 25.7 Å². The standard InChI is InChI=1S/C30H32N2O4/c1-19(21-5-7-25-17-27(35-3)11-9-23(25)15-21)29(33)31-13-14-32-30(34)20(2)22-6-8-26-18-28(36-4)12-10-24(26)16-22/h5-12,15-20H,13-14H2,1-4H3,(H,31,33)(H,32,34). The third-order valence-electron chi connectivity index (χ3n) is 6.65. The number of nitrogens with one attached hydrogen (secondary N) is 2. The van der Waals surface area contributed by atoms with E-state index in [0.29, 0.717) is 13.1 Å². The van der Waals surface area contributed by atoms with Crippen LogP contribution >= 0.6 is 0 Å². The minimum absolute atomic E-state index is 0.0740. The summed E-state index contributed by atoms with van der Waals surface area (Å²) in [7, 11) is 3.29.